The Labute approximate surface area is 152 Å². The number of benzene rings is 2. The highest BCUT2D eigenvalue weighted by molar-refractivity contribution is 7.89. The fourth-order valence-corrected chi connectivity index (χ4v) is 5.53. The van der Waals surface area contributed by atoms with Crippen LogP contribution in [0.3, 0.4) is 0 Å². The lowest BCUT2D eigenvalue weighted by Gasteiger charge is -2.23. The summed E-state index contributed by atoms with van der Waals surface area (Å²) in [6.07, 6.45) is 0. The predicted octanol–water partition coefficient (Wildman–Crippen LogP) is 2.14. The van der Waals surface area contributed by atoms with Gasteiger partial charge in [-0.1, -0.05) is 24.3 Å². The van der Waals surface area contributed by atoms with Crippen molar-refractivity contribution in [3.63, 3.8) is 0 Å². The number of aromatic carboxylic acids is 1. The molecule has 2 heterocycles. The topological polar surface area (TPSA) is 77.9 Å². The number of hydrogen-bond donors (Lipinski definition) is 1. The minimum absolute atomic E-state index is 0.0132. The monoisotopic (exact) mass is 372 g/mol. The van der Waals surface area contributed by atoms with E-state index in [-0.39, 0.29) is 10.5 Å². The summed E-state index contributed by atoms with van der Waals surface area (Å²) in [5.74, 6) is -0.529. The van der Waals surface area contributed by atoms with Crippen molar-refractivity contribution >= 4 is 21.7 Å². The molecule has 2 aliphatic rings. The molecule has 2 aliphatic heterocycles. The third-order valence-corrected chi connectivity index (χ3v) is 7.12. The van der Waals surface area contributed by atoms with Gasteiger partial charge in [0.2, 0.25) is 10.0 Å². The first-order chi connectivity index (χ1) is 12.4. The number of carboxylic acids is 1. The molecule has 0 radical (unpaired) electrons. The molecule has 2 aromatic rings. The Morgan fingerprint density at radius 2 is 1.58 bits per heavy atom. The van der Waals surface area contributed by atoms with Gasteiger partial charge in [-0.2, -0.15) is 4.31 Å². The molecule has 26 heavy (non-hydrogen) atoms. The third kappa shape index (κ3) is 2.97. The maximum absolute atomic E-state index is 12.9. The van der Waals surface area contributed by atoms with Crippen molar-refractivity contribution in [3.8, 4) is 0 Å². The second-order valence-corrected chi connectivity index (χ2v) is 8.85. The minimum Gasteiger partial charge on any atom is -0.478 e. The molecule has 4 rings (SSSR count). The number of fused-ring (bicyclic) bond motifs is 1. The van der Waals surface area contributed by atoms with Crippen LogP contribution in [0.5, 0.6) is 0 Å². The van der Waals surface area contributed by atoms with E-state index >= 15 is 0 Å². The lowest BCUT2D eigenvalue weighted by Crippen LogP contribution is -2.33. The van der Waals surface area contributed by atoms with Crippen LogP contribution in [0.1, 0.15) is 10.4 Å². The zero-order chi connectivity index (χ0) is 18.3. The van der Waals surface area contributed by atoms with E-state index in [1.165, 1.54) is 34.3 Å². The normalized spacial score (nSPS) is 23.2. The molecule has 0 amide bonds. The van der Waals surface area contributed by atoms with Gasteiger partial charge in [-0.15, -0.1) is 0 Å². The van der Waals surface area contributed by atoms with Crippen LogP contribution in [0.2, 0.25) is 0 Å². The van der Waals surface area contributed by atoms with Crippen LogP contribution >= 0.6 is 0 Å². The van der Waals surface area contributed by atoms with E-state index < -0.39 is 16.0 Å². The summed E-state index contributed by atoms with van der Waals surface area (Å²) in [6, 6.07) is 15.7. The zero-order valence-corrected chi connectivity index (χ0v) is 15.0. The first-order valence-electron chi connectivity index (χ1n) is 8.58. The lowest BCUT2D eigenvalue weighted by molar-refractivity contribution is 0.0696. The van der Waals surface area contributed by atoms with Gasteiger partial charge in [0.05, 0.1) is 10.5 Å². The van der Waals surface area contributed by atoms with Crippen LogP contribution < -0.4 is 4.90 Å². The average Bonchev–Trinajstić information content (AvgIpc) is 3.22. The van der Waals surface area contributed by atoms with E-state index in [4.69, 9.17) is 5.11 Å². The molecule has 2 fully saturated rings. The zero-order valence-electron chi connectivity index (χ0n) is 14.2. The summed E-state index contributed by atoms with van der Waals surface area (Å²) in [6.45, 7) is 2.65. The van der Waals surface area contributed by atoms with Gasteiger partial charge < -0.3 is 10.0 Å². The number of anilines is 1. The second-order valence-electron chi connectivity index (χ2n) is 6.92. The first-order valence-corrected chi connectivity index (χ1v) is 10.0. The Bertz CT molecular complexity index is 916. The van der Waals surface area contributed by atoms with E-state index in [1.54, 1.807) is 0 Å². The lowest BCUT2D eigenvalue weighted by atomic mass is 10.0. The number of carbonyl (C=O) groups is 1. The second kappa shape index (κ2) is 6.41. The third-order valence-electron chi connectivity index (χ3n) is 5.29. The summed E-state index contributed by atoms with van der Waals surface area (Å²) >= 11 is 0. The van der Waals surface area contributed by atoms with E-state index in [0.717, 1.165) is 13.1 Å². The molecule has 2 atom stereocenters. The Hall–Kier alpha value is -2.38. The minimum atomic E-state index is -3.67. The molecule has 6 nitrogen and oxygen atoms in total. The highest BCUT2D eigenvalue weighted by atomic mass is 32.2. The number of para-hydroxylation sites is 1. The predicted molar refractivity (Wildman–Crippen MR) is 97.8 cm³/mol. The molecule has 0 spiro atoms. The number of sulfonamides is 1. The van der Waals surface area contributed by atoms with Crippen LogP contribution in [0, 0.1) is 11.8 Å². The summed E-state index contributed by atoms with van der Waals surface area (Å²) in [7, 11) is -3.67. The molecule has 2 saturated heterocycles. The largest absolute Gasteiger partial charge is 0.478 e. The fraction of sp³-hybridized carbons (Fsp3) is 0.316. The van der Waals surface area contributed by atoms with Gasteiger partial charge in [-0.25, -0.2) is 13.2 Å². The molecule has 0 saturated carbocycles. The number of carboxylic acid groups (broad SMARTS) is 1. The van der Waals surface area contributed by atoms with Crippen LogP contribution in [0.4, 0.5) is 5.69 Å². The molecule has 1 N–H and O–H groups in total. The van der Waals surface area contributed by atoms with Crippen molar-refractivity contribution in [2.75, 3.05) is 31.1 Å². The highest BCUT2D eigenvalue weighted by Gasteiger charge is 2.44. The molecule has 2 unspecified atom stereocenters. The maximum Gasteiger partial charge on any atom is 0.335 e. The van der Waals surface area contributed by atoms with Gasteiger partial charge in [-0.05, 0) is 42.2 Å². The maximum atomic E-state index is 12.9. The smallest absolute Gasteiger partial charge is 0.335 e. The Kier molecular flexibility index (Phi) is 4.20. The molecular weight excluding hydrogens is 352 g/mol. The molecular formula is C19H20N2O4S. The number of rotatable bonds is 4. The molecule has 7 heteroatoms. The Morgan fingerprint density at radius 3 is 2.19 bits per heavy atom. The standard InChI is InChI=1S/C19H20N2O4S/c22-19(23)14-5-4-8-18(9-14)26(24,25)21-12-15-10-20(11-16(15)13-21)17-6-2-1-3-7-17/h1-9,15-16H,10-13H2,(H,22,23). The molecule has 0 bridgehead atoms. The van der Waals surface area contributed by atoms with E-state index in [1.807, 2.05) is 18.2 Å². The quantitative estimate of drug-likeness (QED) is 0.890. The van der Waals surface area contributed by atoms with Crippen molar-refractivity contribution in [2.45, 2.75) is 4.90 Å². The van der Waals surface area contributed by atoms with Crippen LogP contribution in [-0.4, -0.2) is 50.0 Å². The molecule has 2 aromatic carbocycles. The summed E-state index contributed by atoms with van der Waals surface area (Å²) < 4.78 is 27.3. The summed E-state index contributed by atoms with van der Waals surface area (Å²) in [4.78, 5) is 13.5. The van der Waals surface area contributed by atoms with Gasteiger partial charge in [0.25, 0.3) is 0 Å². The summed E-state index contributed by atoms with van der Waals surface area (Å²) in [5, 5.41) is 9.10. The van der Waals surface area contributed by atoms with Gasteiger partial charge in [0, 0.05) is 31.9 Å². The molecule has 136 valence electrons. The van der Waals surface area contributed by atoms with Crippen LogP contribution in [0.15, 0.2) is 59.5 Å². The van der Waals surface area contributed by atoms with Crippen molar-refractivity contribution < 1.29 is 18.3 Å². The van der Waals surface area contributed by atoms with Crippen LogP contribution in [0.25, 0.3) is 0 Å². The van der Waals surface area contributed by atoms with Crippen LogP contribution in [-0.2, 0) is 10.0 Å². The fourth-order valence-electron chi connectivity index (χ4n) is 3.93. The van der Waals surface area contributed by atoms with Crippen molar-refractivity contribution in [3.05, 3.63) is 60.2 Å². The SMILES string of the molecule is O=C(O)c1cccc(S(=O)(=O)N2CC3CN(c4ccccc4)CC3C2)c1. The number of nitrogens with zero attached hydrogens (tertiary/aromatic N) is 2. The van der Waals surface area contributed by atoms with E-state index in [9.17, 15) is 13.2 Å². The van der Waals surface area contributed by atoms with E-state index in [0.29, 0.717) is 24.9 Å². The Balaban J connectivity index is 1.50. The van der Waals surface area contributed by atoms with Gasteiger partial charge in [0.15, 0.2) is 0 Å². The highest BCUT2D eigenvalue weighted by Crippen LogP contribution is 2.36. The first kappa shape index (κ1) is 17.1. The van der Waals surface area contributed by atoms with Crippen molar-refractivity contribution in [1.82, 2.24) is 4.31 Å². The van der Waals surface area contributed by atoms with Crippen molar-refractivity contribution in [2.24, 2.45) is 11.8 Å². The number of hydrogen-bond acceptors (Lipinski definition) is 4. The van der Waals surface area contributed by atoms with Crippen molar-refractivity contribution in [1.29, 1.82) is 0 Å². The average molecular weight is 372 g/mol. The van der Waals surface area contributed by atoms with Gasteiger partial charge in [0.1, 0.15) is 0 Å². The summed E-state index contributed by atoms with van der Waals surface area (Å²) in [5.41, 5.74) is 1.16. The Morgan fingerprint density at radius 1 is 0.923 bits per heavy atom. The van der Waals surface area contributed by atoms with Gasteiger partial charge >= 0.3 is 5.97 Å². The van der Waals surface area contributed by atoms with E-state index in [2.05, 4.69) is 17.0 Å². The van der Waals surface area contributed by atoms with Gasteiger partial charge in [-0.3, -0.25) is 0 Å². The molecule has 0 aliphatic carbocycles. The molecule has 0 aromatic heterocycles.